The zero-order valence-corrected chi connectivity index (χ0v) is 13.7. The highest BCUT2D eigenvalue weighted by atomic mass is 32.2. The summed E-state index contributed by atoms with van der Waals surface area (Å²) < 4.78 is 16.1. The quantitative estimate of drug-likeness (QED) is 0.776. The summed E-state index contributed by atoms with van der Waals surface area (Å²) in [7, 11) is 0. The van der Waals surface area contributed by atoms with Crippen molar-refractivity contribution in [1.82, 2.24) is 0 Å². The molecule has 0 saturated carbocycles. The van der Waals surface area contributed by atoms with E-state index in [2.05, 4.69) is 0 Å². The van der Waals surface area contributed by atoms with Gasteiger partial charge in [-0.15, -0.1) is 0 Å². The molecule has 1 aromatic carbocycles. The molecule has 1 aliphatic heterocycles. The van der Waals surface area contributed by atoms with Gasteiger partial charge in [0, 0.05) is 25.2 Å². The summed E-state index contributed by atoms with van der Waals surface area (Å²) in [6.07, 6.45) is -0.236. The summed E-state index contributed by atoms with van der Waals surface area (Å²) in [4.78, 5) is 23.2. The number of hydrogen-bond acceptors (Lipinski definition) is 6. The van der Waals surface area contributed by atoms with Crippen LogP contribution in [0.25, 0.3) is 0 Å². The number of rotatable bonds is 5. The Labute approximate surface area is 134 Å². The van der Waals surface area contributed by atoms with Crippen LogP contribution in [0.3, 0.4) is 0 Å². The van der Waals surface area contributed by atoms with Gasteiger partial charge in [0.05, 0.1) is 0 Å². The first-order chi connectivity index (χ1) is 10.4. The number of hydrogen-bond donors (Lipinski definition) is 0. The third kappa shape index (κ3) is 5.03. The minimum Gasteiger partial charge on any atom is -0.463 e. The Morgan fingerprint density at radius 2 is 1.91 bits per heavy atom. The third-order valence-corrected chi connectivity index (χ3v) is 4.33. The fourth-order valence-corrected chi connectivity index (χ4v) is 3.29. The topological polar surface area (TPSA) is 61.8 Å². The van der Waals surface area contributed by atoms with E-state index in [1.165, 1.54) is 19.4 Å². The molecule has 2 rings (SSSR count). The molecule has 0 bridgehead atoms. The van der Waals surface area contributed by atoms with E-state index in [-0.39, 0.29) is 30.1 Å². The van der Waals surface area contributed by atoms with E-state index in [0.29, 0.717) is 6.42 Å². The molecule has 5 nitrogen and oxygen atoms in total. The van der Waals surface area contributed by atoms with Crippen molar-refractivity contribution < 1.29 is 23.8 Å². The van der Waals surface area contributed by atoms with Crippen LogP contribution in [0.2, 0.25) is 0 Å². The lowest BCUT2D eigenvalue weighted by molar-refractivity contribution is -0.154. The van der Waals surface area contributed by atoms with Crippen LogP contribution in [0.4, 0.5) is 0 Å². The molecule has 1 aromatic rings. The second-order valence-corrected chi connectivity index (χ2v) is 6.45. The van der Waals surface area contributed by atoms with Crippen LogP contribution in [-0.2, 0) is 23.8 Å². The van der Waals surface area contributed by atoms with E-state index in [1.54, 1.807) is 11.8 Å². The minimum atomic E-state index is -0.421. The van der Waals surface area contributed by atoms with E-state index in [4.69, 9.17) is 14.2 Å². The van der Waals surface area contributed by atoms with Gasteiger partial charge in [-0.25, -0.2) is 0 Å². The van der Waals surface area contributed by atoms with Gasteiger partial charge in [0.15, 0.2) is 0 Å². The van der Waals surface area contributed by atoms with Crippen LogP contribution in [0.15, 0.2) is 29.2 Å². The summed E-state index contributed by atoms with van der Waals surface area (Å²) in [5.74, 6) is -0.734. The van der Waals surface area contributed by atoms with Crippen LogP contribution in [0.5, 0.6) is 0 Å². The fraction of sp³-hybridized carbons (Fsp3) is 0.500. The maximum Gasteiger partial charge on any atom is 0.302 e. The first kappa shape index (κ1) is 16.8. The lowest BCUT2D eigenvalue weighted by atomic mass is 10.2. The molecule has 1 saturated heterocycles. The van der Waals surface area contributed by atoms with E-state index >= 15 is 0 Å². The second-order valence-electron chi connectivity index (χ2n) is 5.22. The molecule has 0 unspecified atom stereocenters. The van der Waals surface area contributed by atoms with Gasteiger partial charge >= 0.3 is 11.9 Å². The molecule has 0 aliphatic carbocycles. The Hall–Kier alpha value is -1.53. The van der Waals surface area contributed by atoms with Crippen molar-refractivity contribution in [1.29, 1.82) is 0 Å². The van der Waals surface area contributed by atoms with Crippen molar-refractivity contribution in [2.75, 3.05) is 6.61 Å². The fourth-order valence-electron chi connectivity index (χ4n) is 2.21. The van der Waals surface area contributed by atoms with Gasteiger partial charge in [0.25, 0.3) is 0 Å². The summed E-state index contributed by atoms with van der Waals surface area (Å²) in [5, 5.41) is 0. The first-order valence-corrected chi connectivity index (χ1v) is 8.01. The van der Waals surface area contributed by atoms with Crippen LogP contribution in [-0.4, -0.2) is 36.2 Å². The molecule has 0 amide bonds. The Kier molecular flexibility index (Phi) is 5.85. The van der Waals surface area contributed by atoms with E-state index in [0.717, 1.165) is 4.90 Å². The lowest BCUT2D eigenvalue weighted by Gasteiger charge is -2.17. The lowest BCUT2D eigenvalue weighted by Crippen LogP contribution is -2.31. The number of aryl methyl sites for hydroxylation is 1. The normalized spacial score (nSPS) is 24.0. The number of carbonyl (C=O) groups is 2. The molecule has 120 valence electrons. The van der Waals surface area contributed by atoms with E-state index < -0.39 is 6.10 Å². The Morgan fingerprint density at radius 3 is 2.50 bits per heavy atom. The number of carbonyl (C=O) groups excluding carboxylic acids is 2. The number of esters is 2. The molecule has 1 fully saturated rings. The van der Waals surface area contributed by atoms with Gasteiger partial charge in [-0.2, -0.15) is 0 Å². The zero-order valence-electron chi connectivity index (χ0n) is 12.9. The van der Waals surface area contributed by atoms with E-state index in [1.807, 2.05) is 31.2 Å². The maximum atomic E-state index is 11.2. The molecule has 0 radical (unpaired) electrons. The van der Waals surface area contributed by atoms with Crippen molar-refractivity contribution >= 4 is 23.7 Å². The molecule has 0 spiro atoms. The average Bonchev–Trinajstić information content (AvgIpc) is 2.80. The monoisotopic (exact) mass is 324 g/mol. The molecule has 1 heterocycles. The predicted molar refractivity (Wildman–Crippen MR) is 82.5 cm³/mol. The molecular formula is C16H20O5S. The SMILES string of the molecule is CC(=O)OC[C@H]1O[C@H](Sc2ccc(C)cc2)C[C@@H]1OC(C)=O. The Balaban J connectivity index is 1.97. The molecular weight excluding hydrogens is 304 g/mol. The molecule has 3 atom stereocenters. The maximum absolute atomic E-state index is 11.2. The van der Waals surface area contributed by atoms with Gasteiger partial charge in [0.2, 0.25) is 0 Å². The van der Waals surface area contributed by atoms with Gasteiger partial charge in [-0.1, -0.05) is 29.5 Å². The second kappa shape index (κ2) is 7.65. The van der Waals surface area contributed by atoms with Crippen molar-refractivity contribution in [3.8, 4) is 0 Å². The van der Waals surface area contributed by atoms with Crippen molar-refractivity contribution in [2.45, 2.75) is 49.7 Å². The van der Waals surface area contributed by atoms with Gasteiger partial charge < -0.3 is 14.2 Å². The van der Waals surface area contributed by atoms with Crippen LogP contribution in [0, 0.1) is 6.92 Å². The highest BCUT2D eigenvalue weighted by Crippen LogP contribution is 2.35. The minimum absolute atomic E-state index is 0.0955. The number of thioether (sulfide) groups is 1. The van der Waals surface area contributed by atoms with Crippen molar-refractivity contribution in [3.63, 3.8) is 0 Å². The smallest absolute Gasteiger partial charge is 0.302 e. The Morgan fingerprint density at radius 1 is 1.23 bits per heavy atom. The average molecular weight is 324 g/mol. The molecule has 6 heteroatoms. The molecule has 22 heavy (non-hydrogen) atoms. The predicted octanol–water partition coefficient (Wildman–Crippen LogP) is 2.70. The Bertz CT molecular complexity index is 528. The van der Waals surface area contributed by atoms with Crippen molar-refractivity contribution in [3.05, 3.63) is 29.8 Å². The summed E-state index contributed by atoms with van der Waals surface area (Å²) in [5.41, 5.74) is 1.06. The number of benzene rings is 1. The summed E-state index contributed by atoms with van der Waals surface area (Å²) in [6.45, 7) is 4.84. The largest absolute Gasteiger partial charge is 0.463 e. The highest BCUT2D eigenvalue weighted by molar-refractivity contribution is 7.99. The van der Waals surface area contributed by atoms with E-state index in [9.17, 15) is 9.59 Å². The third-order valence-electron chi connectivity index (χ3n) is 3.22. The van der Waals surface area contributed by atoms with Gasteiger partial charge in [-0.3, -0.25) is 9.59 Å². The van der Waals surface area contributed by atoms with Crippen molar-refractivity contribution in [2.24, 2.45) is 0 Å². The van der Waals surface area contributed by atoms with Crippen LogP contribution < -0.4 is 0 Å². The van der Waals surface area contributed by atoms with Crippen LogP contribution in [0.1, 0.15) is 25.8 Å². The van der Waals surface area contributed by atoms with Crippen LogP contribution >= 0.6 is 11.8 Å². The summed E-state index contributed by atoms with van der Waals surface area (Å²) in [6, 6.07) is 8.14. The molecule has 1 aliphatic rings. The molecule has 0 N–H and O–H groups in total. The highest BCUT2D eigenvalue weighted by Gasteiger charge is 2.38. The zero-order chi connectivity index (χ0) is 16.1. The summed E-state index contributed by atoms with van der Waals surface area (Å²) >= 11 is 1.57. The number of ether oxygens (including phenoxy) is 3. The standard InChI is InChI=1S/C16H20O5S/c1-10-4-6-13(7-5-10)22-16-8-14(20-12(3)18)15(21-16)9-19-11(2)17/h4-7,14-16H,8-9H2,1-3H3/t14-,15+,16+/m0/s1. The first-order valence-electron chi connectivity index (χ1n) is 7.13. The van der Waals surface area contributed by atoms with Gasteiger partial charge in [0.1, 0.15) is 24.3 Å². The molecule has 0 aromatic heterocycles. The van der Waals surface area contributed by atoms with Gasteiger partial charge in [-0.05, 0) is 19.1 Å².